The molecule has 0 aromatic heterocycles. The lowest BCUT2D eigenvalue weighted by Gasteiger charge is -2.38. The van der Waals surface area contributed by atoms with Gasteiger partial charge in [-0.05, 0) is 110 Å². The largest absolute Gasteiger partial charge is 0.489 e. The van der Waals surface area contributed by atoms with Gasteiger partial charge in [-0.2, -0.15) is 15.8 Å². The van der Waals surface area contributed by atoms with Crippen LogP contribution in [0.1, 0.15) is 103 Å². The summed E-state index contributed by atoms with van der Waals surface area (Å²) in [5, 5.41) is 39.0. The first kappa shape index (κ1) is 42.8. The first-order valence-electron chi connectivity index (χ1n) is 20.8. The first-order valence-corrected chi connectivity index (χ1v) is 20.8. The van der Waals surface area contributed by atoms with Crippen LogP contribution in [0.2, 0.25) is 0 Å². The molecule has 7 heteroatoms. The number of ether oxygens (including phenoxy) is 2. The topological polar surface area (TPSA) is 113 Å². The molecule has 2 atom stereocenters. The van der Waals surface area contributed by atoms with Crippen LogP contribution in [0.15, 0.2) is 131 Å². The maximum atomic E-state index is 10.2. The Morgan fingerprint density at radius 2 is 1.59 bits per heavy atom. The molecule has 0 bridgehead atoms. The van der Waals surface area contributed by atoms with Crippen molar-refractivity contribution in [3.63, 3.8) is 0 Å². The van der Waals surface area contributed by atoms with Crippen molar-refractivity contribution in [2.75, 3.05) is 11.5 Å². The highest BCUT2D eigenvalue weighted by molar-refractivity contribution is 5.71. The summed E-state index contributed by atoms with van der Waals surface area (Å²) in [6.07, 6.45) is 12.2. The van der Waals surface area contributed by atoms with E-state index in [1.54, 1.807) is 0 Å². The molecule has 7 nitrogen and oxygen atoms in total. The zero-order valence-electron chi connectivity index (χ0n) is 36.0. The molecule has 304 valence electrons. The summed E-state index contributed by atoms with van der Waals surface area (Å²) in [6, 6.07) is 32.0. The standard InChI is InChI=1S/C52H58N4O3/c1-36-15-17-38(18-16-36)35-56-45-14-10-9-13-44(45)50(5,6)47(56)24-21-39-30-42(49(2,3)4)31-40(48(39)58-43-22-19-37(20-23-43)12-11-29-57)25-26-52(27-28-53)32-46(41(33-54)34-55)59-51(52,7)8/h9-10,13-26,42,57H,11-12,27,29-32,35H2,1-8H3. The number of fused-ring (bicyclic) bond motifs is 1. The van der Waals surface area contributed by atoms with E-state index in [4.69, 9.17) is 9.47 Å². The number of hydrogen-bond acceptors (Lipinski definition) is 7. The average Bonchev–Trinajstić information content (AvgIpc) is 3.58. The normalized spacial score (nSPS) is 22.2. The average molecular weight is 787 g/mol. The predicted octanol–water partition coefficient (Wildman–Crippen LogP) is 11.8. The number of aliphatic hydroxyl groups excluding tert-OH is 1. The molecule has 3 aromatic rings. The molecule has 2 aliphatic heterocycles. The molecule has 0 saturated carbocycles. The fourth-order valence-electron chi connectivity index (χ4n) is 8.75. The van der Waals surface area contributed by atoms with Crippen molar-refractivity contribution in [1.82, 2.24) is 0 Å². The maximum Gasteiger partial charge on any atom is 0.167 e. The molecule has 59 heavy (non-hydrogen) atoms. The van der Waals surface area contributed by atoms with Crippen LogP contribution in [0.5, 0.6) is 5.75 Å². The Morgan fingerprint density at radius 3 is 2.24 bits per heavy atom. The highest BCUT2D eigenvalue weighted by Crippen LogP contribution is 2.54. The molecule has 2 unspecified atom stereocenters. The number of aliphatic hydroxyl groups is 1. The molecule has 3 aliphatic rings. The SMILES string of the molecule is Cc1ccc(CN2C(=CC=C3CC(C(C)(C)C)CC(C=CC4(CC#N)CC(=C(C#N)C#N)OC4(C)C)=C3Oc3ccc(CCCO)cc3)C(C)(C)c3ccccc32)cc1. The van der Waals surface area contributed by atoms with E-state index in [1.807, 2.05) is 38.1 Å². The van der Waals surface area contributed by atoms with Gasteiger partial charge in [-0.3, -0.25) is 0 Å². The summed E-state index contributed by atoms with van der Waals surface area (Å²) < 4.78 is 13.3. The second kappa shape index (κ2) is 17.2. The number of aryl methyl sites for hydroxylation is 2. The van der Waals surface area contributed by atoms with Crippen LogP contribution in [0.3, 0.4) is 0 Å². The summed E-state index contributed by atoms with van der Waals surface area (Å²) >= 11 is 0. The van der Waals surface area contributed by atoms with E-state index in [2.05, 4.69) is 137 Å². The number of nitriles is 3. The van der Waals surface area contributed by atoms with Crippen molar-refractivity contribution in [2.24, 2.45) is 16.7 Å². The summed E-state index contributed by atoms with van der Waals surface area (Å²) in [6.45, 7) is 18.3. The van der Waals surface area contributed by atoms with Crippen molar-refractivity contribution in [1.29, 1.82) is 15.8 Å². The summed E-state index contributed by atoms with van der Waals surface area (Å²) in [5.74, 6) is 2.10. The van der Waals surface area contributed by atoms with Crippen molar-refractivity contribution < 1.29 is 14.6 Å². The van der Waals surface area contributed by atoms with Crippen LogP contribution in [0.4, 0.5) is 5.69 Å². The van der Waals surface area contributed by atoms with Crippen molar-refractivity contribution in [2.45, 2.75) is 111 Å². The Balaban J connectivity index is 1.53. The van der Waals surface area contributed by atoms with Crippen molar-refractivity contribution in [3.8, 4) is 24.0 Å². The lowest BCUT2D eigenvalue weighted by molar-refractivity contribution is 0.0115. The fourth-order valence-corrected chi connectivity index (χ4v) is 8.75. The van der Waals surface area contributed by atoms with Crippen LogP contribution in [0.25, 0.3) is 0 Å². The van der Waals surface area contributed by atoms with Crippen LogP contribution in [-0.4, -0.2) is 17.3 Å². The number of para-hydroxylation sites is 1. The van der Waals surface area contributed by atoms with E-state index in [9.17, 15) is 20.9 Å². The van der Waals surface area contributed by atoms with Gasteiger partial charge in [0.15, 0.2) is 5.57 Å². The number of hydrogen-bond donors (Lipinski definition) is 1. The fraction of sp³-hybridized carbons (Fsp3) is 0.404. The number of benzene rings is 3. The minimum atomic E-state index is -0.857. The van der Waals surface area contributed by atoms with Gasteiger partial charge >= 0.3 is 0 Å². The molecule has 6 rings (SSSR count). The zero-order chi connectivity index (χ0) is 42.6. The van der Waals surface area contributed by atoms with Gasteiger partial charge in [0.25, 0.3) is 0 Å². The third-order valence-electron chi connectivity index (χ3n) is 12.8. The van der Waals surface area contributed by atoms with Gasteiger partial charge in [-0.15, -0.1) is 0 Å². The van der Waals surface area contributed by atoms with Crippen LogP contribution in [-0.2, 0) is 23.1 Å². The summed E-state index contributed by atoms with van der Waals surface area (Å²) in [7, 11) is 0. The van der Waals surface area contributed by atoms with Gasteiger partial charge in [0, 0.05) is 48.2 Å². The molecule has 0 spiro atoms. The zero-order valence-corrected chi connectivity index (χ0v) is 36.0. The predicted molar refractivity (Wildman–Crippen MR) is 235 cm³/mol. The monoisotopic (exact) mass is 786 g/mol. The number of allylic oxidation sites excluding steroid dienone is 8. The van der Waals surface area contributed by atoms with Gasteiger partial charge in [-0.25, -0.2) is 0 Å². The summed E-state index contributed by atoms with van der Waals surface area (Å²) in [5.41, 5.74) is 7.42. The second-order valence-corrected chi connectivity index (χ2v) is 18.5. The van der Waals surface area contributed by atoms with E-state index >= 15 is 0 Å². The molecule has 2 heterocycles. The van der Waals surface area contributed by atoms with Crippen molar-refractivity contribution >= 4 is 5.69 Å². The molecule has 0 amide bonds. The highest BCUT2D eigenvalue weighted by Gasteiger charge is 2.52. The lowest BCUT2D eigenvalue weighted by Crippen LogP contribution is -2.38. The minimum Gasteiger partial charge on any atom is -0.489 e. The van der Waals surface area contributed by atoms with Gasteiger partial charge < -0.3 is 19.5 Å². The number of rotatable bonds is 11. The molecule has 1 aliphatic carbocycles. The smallest absolute Gasteiger partial charge is 0.167 e. The maximum absolute atomic E-state index is 10.2. The van der Waals surface area contributed by atoms with Gasteiger partial charge in [0.1, 0.15) is 35.0 Å². The molecule has 1 saturated heterocycles. The Labute approximate surface area is 351 Å². The lowest BCUT2D eigenvalue weighted by atomic mass is 9.68. The minimum absolute atomic E-state index is 0.0317. The van der Waals surface area contributed by atoms with Crippen LogP contribution < -0.4 is 9.64 Å². The molecule has 0 radical (unpaired) electrons. The third kappa shape index (κ3) is 8.95. The molecular weight excluding hydrogens is 729 g/mol. The molecule has 1 fully saturated rings. The number of anilines is 1. The van der Waals surface area contributed by atoms with E-state index in [1.165, 1.54) is 28.1 Å². The highest BCUT2D eigenvalue weighted by atomic mass is 16.5. The Morgan fingerprint density at radius 1 is 0.915 bits per heavy atom. The summed E-state index contributed by atoms with van der Waals surface area (Å²) in [4.78, 5) is 2.45. The van der Waals surface area contributed by atoms with Crippen molar-refractivity contribution in [3.05, 3.63) is 153 Å². The third-order valence-corrected chi connectivity index (χ3v) is 12.8. The van der Waals surface area contributed by atoms with Crippen LogP contribution in [0, 0.1) is 57.7 Å². The second-order valence-electron chi connectivity index (χ2n) is 18.5. The van der Waals surface area contributed by atoms with E-state index in [0.29, 0.717) is 12.2 Å². The van der Waals surface area contributed by atoms with E-state index in [-0.39, 0.29) is 41.8 Å². The molecule has 3 aromatic carbocycles. The molecule has 1 N–H and O–H groups in total. The quantitative estimate of drug-likeness (QED) is 0.193. The molecular formula is C52H58N4O3. The Kier molecular flexibility index (Phi) is 12.5. The van der Waals surface area contributed by atoms with Gasteiger partial charge in [-0.1, -0.05) is 113 Å². The van der Waals surface area contributed by atoms with Gasteiger partial charge in [0.2, 0.25) is 0 Å². The first-order chi connectivity index (χ1) is 28.1. The Hall–Kier alpha value is -5.81. The van der Waals surface area contributed by atoms with E-state index in [0.717, 1.165) is 54.0 Å². The van der Waals surface area contributed by atoms with Crippen LogP contribution >= 0.6 is 0 Å². The van der Waals surface area contributed by atoms with Gasteiger partial charge in [0.05, 0.1) is 6.07 Å². The van der Waals surface area contributed by atoms with E-state index < -0.39 is 11.0 Å². The Bertz CT molecular complexity index is 2310. The number of nitrogens with zero attached hydrogens (tertiary/aromatic N) is 4.